The highest BCUT2D eigenvalue weighted by Gasteiger charge is 2.04. The van der Waals surface area contributed by atoms with Crippen LogP contribution in [0.3, 0.4) is 0 Å². The summed E-state index contributed by atoms with van der Waals surface area (Å²) in [5.74, 6) is 0.529. The molecular weight excluding hydrogens is 220 g/mol. The van der Waals surface area contributed by atoms with Gasteiger partial charge in [0.15, 0.2) is 5.16 Å². The maximum absolute atomic E-state index is 5.05. The highest BCUT2D eigenvalue weighted by atomic mass is 32.2. The quantitative estimate of drug-likeness (QED) is 0.381. The van der Waals surface area contributed by atoms with E-state index in [0.717, 1.165) is 16.2 Å². The van der Waals surface area contributed by atoms with Gasteiger partial charge >= 0.3 is 0 Å². The van der Waals surface area contributed by atoms with Crippen LogP contribution in [0.1, 0.15) is 11.1 Å². The molecule has 0 amide bonds. The molecule has 1 heterocycles. The Morgan fingerprint density at radius 2 is 2.19 bits per heavy atom. The Morgan fingerprint density at radius 3 is 2.94 bits per heavy atom. The van der Waals surface area contributed by atoms with Crippen molar-refractivity contribution in [2.75, 3.05) is 5.94 Å². The van der Waals surface area contributed by atoms with Gasteiger partial charge < -0.3 is 9.72 Å². The number of nitrogens with zero attached hydrogens (tertiary/aromatic N) is 1. The Balaban J connectivity index is 2.26. The van der Waals surface area contributed by atoms with Gasteiger partial charge in [-0.25, -0.2) is 4.98 Å². The number of thioether (sulfide) groups is 1. The lowest BCUT2D eigenvalue weighted by molar-refractivity contribution is 0.318. The highest BCUT2D eigenvalue weighted by Crippen LogP contribution is 2.22. The van der Waals surface area contributed by atoms with Gasteiger partial charge in [-0.2, -0.15) is 0 Å². The number of hydrogen-bond acceptors (Lipinski definition) is 3. The molecule has 0 spiro atoms. The van der Waals surface area contributed by atoms with Crippen molar-refractivity contribution in [1.82, 2.24) is 9.97 Å². The summed E-state index contributed by atoms with van der Waals surface area (Å²) in [6.45, 7) is 7.69. The number of aryl methyl sites for hydroxylation is 2. The van der Waals surface area contributed by atoms with Crippen molar-refractivity contribution in [1.29, 1.82) is 0 Å². The molecule has 16 heavy (non-hydrogen) atoms. The van der Waals surface area contributed by atoms with Gasteiger partial charge in [-0.05, 0) is 48.9 Å². The molecular formula is C12H14N2OS. The highest BCUT2D eigenvalue weighted by molar-refractivity contribution is 7.99. The van der Waals surface area contributed by atoms with Crippen molar-refractivity contribution in [3.8, 4) is 0 Å². The normalized spacial score (nSPS) is 10.6. The lowest BCUT2D eigenvalue weighted by Gasteiger charge is -1.97. The molecule has 3 nitrogen and oxygen atoms in total. The molecule has 0 atom stereocenters. The third-order valence-electron chi connectivity index (χ3n) is 2.46. The molecule has 1 aromatic heterocycles. The average Bonchev–Trinajstić information content (AvgIpc) is 2.61. The molecule has 0 fully saturated rings. The molecule has 0 bridgehead atoms. The summed E-state index contributed by atoms with van der Waals surface area (Å²) < 4.78 is 5.05. The number of aromatic amines is 1. The topological polar surface area (TPSA) is 37.9 Å². The van der Waals surface area contributed by atoms with Gasteiger partial charge in [-0.15, -0.1) is 0 Å². The van der Waals surface area contributed by atoms with E-state index in [0.29, 0.717) is 5.94 Å². The van der Waals surface area contributed by atoms with Crippen LogP contribution in [0.25, 0.3) is 11.0 Å². The number of rotatable bonds is 4. The van der Waals surface area contributed by atoms with E-state index in [2.05, 4.69) is 42.5 Å². The van der Waals surface area contributed by atoms with Crippen molar-refractivity contribution >= 4 is 22.8 Å². The molecule has 0 aliphatic rings. The van der Waals surface area contributed by atoms with Crippen LogP contribution in [0.4, 0.5) is 0 Å². The van der Waals surface area contributed by atoms with Crippen molar-refractivity contribution in [2.24, 2.45) is 0 Å². The second kappa shape index (κ2) is 4.61. The predicted molar refractivity (Wildman–Crippen MR) is 67.6 cm³/mol. The first-order valence-corrected chi connectivity index (χ1v) is 6.01. The van der Waals surface area contributed by atoms with E-state index < -0.39 is 0 Å². The van der Waals surface area contributed by atoms with Crippen molar-refractivity contribution < 1.29 is 4.74 Å². The van der Waals surface area contributed by atoms with Crippen LogP contribution in [0.2, 0.25) is 0 Å². The first-order chi connectivity index (χ1) is 7.70. The molecule has 4 heteroatoms. The Labute approximate surface area is 98.9 Å². The Morgan fingerprint density at radius 1 is 1.44 bits per heavy atom. The van der Waals surface area contributed by atoms with Gasteiger partial charge in [-0.3, -0.25) is 0 Å². The molecule has 0 radical (unpaired) electrons. The molecule has 84 valence electrons. The Kier molecular flexibility index (Phi) is 3.19. The summed E-state index contributed by atoms with van der Waals surface area (Å²) in [7, 11) is 0. The van der Waals surface area contributed by atoms with E-state index >= 15 is 0 Å². The molecule has 1 N–H and O–H groups in total. The minimum absolute atomic E-state index is 0.529. The van der Waals surface area contributed by atoms with Crippen molar-refractivity contribution in [3.63, 3.8) is 0 Å². The maximum Gasteiger partial charge on any atom is 0.169 e. The number of hydrogen-bond donors (Lipinski definition) is 1. The first-order valence-electron chi connectivity index (χ1n) is 5.03. The van der Waals surface area contributed by atoms with E-state index in [1.807, 2.05) is 0 Å². The fraction of sp³-hybridized carbons (Fsp3) is 0.250. The zero-order chi connectivity index (χ0) is 11.5. The number of imidazole rings is 1. The lowest BCUT2D eigenvalue weighted by atomic mass is 10.1. The van der Waals surface area contributed by atoms with Crippen molar-refractivity contribution in [3.05, 3.63) is 36.1 Å². The van der Waals surface area contributed by atoms with E-state index in [-0.39, 0.29) is 0 Å². The fourth-order valence-corrected chi connectivity index (χ4v) is 2.07. The van der Waals surface area contributed by atoms with Gasteiger partial charge in [0.2, 0.25) is 0 Å². The van der Waals surface area contributed by atoms with Crippen LogP contribution < -0.4 is 0 Å². The van der Waals surface area contributed by atoms with Crippen LogP contribution in [-0.2, 0) is 4.74 Å². The van der Waals surface area contributed by atoms with Crippen LogP contribution in [-0.4, -0.2) is 15.9 Å². The van der Waals surface area contributed by atoms with Gasteiger partial charge in [0, 0.05) is 0 Å². The van der Waals surface area contributed by atoms with Gasteiger partial charge in [0.05, 0.1) is 17.3 Å². The van der Waals surface area contributed by atoms with Crippen LogP contribution in [0.15, 0.2) is 30.1 Å². The van der Waals surface area contributed by atoms with Crippen molar-refractivity contribution in [2.45, 2.75) is 19.0 Å². The molecule has 2 aromatic rings. The van der Waals surface area contributed by atoms with E-state index in [1.54, 1.807) is 0 Å². The monoisotopic (exact) mass is 234 g/mol. The Bertz CT molecular complexity index is 480. The molecule has 2 rings (SSSR count). The molecule has 0 aliphatic heterocycles. The third-order valence-corrected chi connectivity index (χ3v) is 3.18. The van der Waals surface area contributed by atoms with E-state index in [1.165, 1.54) is 29.2 Å². The number of fused-ring (bicyclic) bond motifs is 1. The second-order valence-electron chi connectivity index (χ2n) is 3.59. The van der Waals surface area contributed by atoms with E-state index in [9.17, 15) is 0 Å². The van der Waals surface area contributed by atoms with Crippen LogP contribution in [0.5, 0.6) is 0 Å². The summed E-state index contributed by atoms with van der Waals surface area (Å²) in [6.07, 6.45) is 1.43. The average molecular weight is 234 g/mol. The summed E-state index contributed by atoms with van der Waals surface area (Å²) >= 11 is 1.52. The van der Waals surface area contributed by atoms with Crippen LogP contribution >= 0.6 is 11.8 Å². The summed E-state index contributed by atoms with van der Waals surface area (Å²) in [5, 5.41) is 0.877. The molecule has 1 aromatic carbocycles. The Hall–Kier alpha value is -1.42. The molecule has 0 aliphatic carbocycles. The minimum Gasteiger partial charge on any atom is -0.491 e. The minimum atomic E-state index is 0.529. The largest absolute Gasteiger partial charge is 0.491 e. The molecule has 0 saturated carbocycles. The summed E-state index contributed by atoms with van der Waals surface area (Å²) in [6, 6.07) is 4.22. The summed E-state index contributed by atoms with van der Waals surface area (Å²) in [4.78, 5) is 7.74. The standard InChI is InChI=1S/C12H14N2OS/c1-4-15-7-16-12-13-10-5-8(2)9(3)6-11(10)14-12/h4-6H,1,7H2,2-3H3,(H,13,14). The zero-order valence-corrected chi connectivity index (χ0v) is 10.2. The fourth-order valence-electron chi connectivity index (χ4n) is 1.45. The van der Waals surface area contributed by atoms with Gasteiger partial charge in [-0.1, -0.05) is 6.58 Å². The smallest absolute Gasteiger partial charge is 0.169 e. The number of H-pyrrole nitrogens is 1. The number of benzene rings is 1. The summed E-state index contributed by atoms with van der Waals surface area (Å²) in [5.41, 5.74) is 4.61. The second-order valence-corrected chi connectivity index (χ2v) is 4.50. The molecule has 0 unspecified atom stereocenters. The first kappa shape index (κ1) is 11.1. The predicted octanol–water partition coefficient (Wildman–Crippen LogP) is 3.39. The van der Waals surface area contributed by atoms with Gasteiger partial charge in [0.1, 0.15) is 5.94 Å². The molecule has 0 saturated heterocycles. The van der Waals surface area contributed by atoms with Crippen LogP contribution in [0, 0.1) is 13.8 Å². The number of nitrogens with one attached hydrogen (secondary N) is 1. The lowest BCUT2D eigenvalue weighted by Crippen LogP contribution is -1.81. The number of ether oxygens (including phenoxy) is 1. The third kappa shape index (κ3) is 2.22. The van der Waals surface area contributed by atoms with E-state index in [4.69, 9.17) is 4.74 Å². The maximum atomic E-state index is 5.05. The SMILES string of the molecule is C=COCSc1nc2cc(C)c(C)cc2[nH]1. The number of aromatic nitrogens is 2. The zero-order valence-electron chi connectivity index (χ0n) is 9.41. The van der Waals surface area contributed by atoms with Gasteiger partial charge in [0.25, 0.3) is 0 Å².